The maximum Gasteiger partial charge on any atom is 0.134 e. The van der Waals surface area contributed by atoms with Crippen molar-refractivity contribution < 1.29 is 4.42 Å². The average Bonchev–Trinajstić information content (AvgIpc) is 3.26. The van der Waals surface area contributed by atoms with Crippen molar-refractivity contribution in [2.45, 2.75) is 27.7 Å². The Kier molecular flexibility index (Phi) is 11.2. The molecule has 0 aliphatic carbocycles. The number of furan rings is 1. The summed E-state index contributed by atoms with van der Waals surface area (Å²) in [4.78, 5) is 8.87. The molecule has 7 heteroatoms. The quantitative estimate of drug-likeness (QED) is 0.292. The molecule has 0 saturated heterocycles. The fraction of sp³-hybridized carbons (Fsp3) is 0.308. The number of nitrogens with zero attached hydrogens (tertiary/aromatic N) is 2. The van der Waals surface area contributed by atoms with Crippen molar-refractivity contribution in [3.63, 3.8) is 0 Å². The van der Waals surface area contributed by atoms with E-state index < -0.39 is 0 Å². The zero-order valence-electron chi connectivity index (χ0n) is 19.6. The van der Waals surface area contributed by atoms with Crippen LogP contribution in [-0.4, -0.2) is 24.8 Å². The Bertz CT molecular complexity index is 969. The van der Waals surface area contributed by atoms with Crippen molar-refractivity contribution in [3.8, 4) is 22.5 Å². The first kappa shape index (κ1) is 28.3. The Labute approximate surface area is 209 Å². The highest BCUT2D eigenvalue weighted by Gasteiger charge is 2.08. The number of benzene rings is 2. The maximum atomic E-state index is 6.09. The lowest BCUT2D eigenvalue weighted by Gasteiger charge is -2.05. The molecule has 178 valence electrons. The molecule has 0 aliphatic heterocycles. The van der Waals surface area contributed by atoms with Crippen LogP contribution in [0.5, 0.6) is 0 Å². The number of hydrogen-bond acceptors (Lipinski definition) is 3. The van der Waals surface area contributed by atoms with Gasteiger partial charge in [-0.2, -0.15) is 0 Å². The second-order valence-electron chi connectivity index (χ2n) is 8.59. The van der Waals surface area contributed by atoms with Crippen LogP contribution >= 0.6 is 24.8 Å². The van der Waals surface area contributed by atoms with Gasteiger partial charge in [0, 0.05) is 35.3 Å². The van der Waals surface area contributed by atoms with E-state index >= 15 is 0 Å². The molecule has 3 aromatic rings. The highest BCUT2D eigenvalue weighted by molar-refractivity contribution is 5.98. The SMILES string of the molecule is CC(C)CN=C(N)c1ccc(-c2coc(-c3ccc(C(N)=NCC(C)C)cc3)c2)cc1.Cl.Cl. The van der Waals surface area contributed by atoms with Gasteiger partial charge in [0.1, 0.15) is 17.4 Å². The minimum atomic E-state index is 0. The summed E-state index contributed by atoms with van der Waals surface area (Å²) in [6.45, 7) is 9.95. The van der Waals surface area contributed by atoms with Crippen molar-refractivity contribution in [3.05, 3.63) is 72.0 Å². The first-order valence-electron chi connectivity index (χ1n) is 10.7. The fourth-order valence-electron chi connectivity index (χ4n) is 3.02. The number of hydrogen-bond donors (Lipinski definition) is 2. The molecule has 0 fully saturated rings. The summed E-state index contributed by atoms with van der Waals surface area (Å²) in [6, 6.07) is 18.1. The van der Waals surface area contributed by atoms with Crippen LogP contribution in [0.15, 0.2) is 75.3 Å². The molecule has 33 heavy (non-hydrogen) atoms. The Morgan fingerprint density at radius 1 is 0.697 bits per heavy atom. The van der Waals surface area contributed by atoms with E-state index in [1.165, 1.54) is 0 Å². The molecule has 2 aromatic carbocycles. The molecule has 0 saturated carbocycles. The predicted octanol–water partition coefficient (Wildman–Crippen LogP) is 6.18. The molecule has 0 unspecified atom stereocenters. The third-order valence-corrected chi connectivity index (χ3v) is 4.83. The van der Waals surface area contributed by atoms with Crippen LogP contribution in [0.1, 0.15) is 38.8 Å². The minimum Gasteiger partial charge on any atom is -0.464 e. The second kappa shape index (κ2) is 13.1. The first-order chi connectivity index (χ1) is 14.8. The van der Waals surface area contributed by atoms with Gasteiger partial charge in [-0.05, 0) is 23.5 Å². The van der Waals surface area contributed by atoms with Gasteiger partial charge in [0.05, 0.1) is 6.26 Å². The van der Waals surface area contributed by atoms with Crippen molar-refractivity contribution in [2.24, 2.45) is 33.3 Å². The van der Waals surface area contributed by atoms with E-state index in [0.29, 0.717) is 23.5 Å². The predicted molar refractivity (Wildman–Crippen MR) is 145 cm³/mol. The summed E-state index contributed by atoms with van der Waals surface area (Å²) < 4.78 is 5.82. The number of aliphatic imine (C=N–C) groups is 2. The molecule has 0 amide bonds. The van der Waals surface area contributed by atoms with Gasteiger partial charge in [0.25, 0.3) is 0 Å². The molecule has 5 nitrogen and oxygen atoms in total. The van der Waals surface area contributed by atoms with Gasteiger partial charge in [-0.25, -0.2) is 0 Å². The van der Waals surface area contributed by atoms with E-state index in [1.807, 2.05) is 54.6 Å². The number of nitrogens with two attached hydrogens (primary N) is 2. The molecule has 3 rings (SSSR count). The molecule has 0 bridgehead atoms. The van der Waals surface area contributed by atoms with E-state index in [2.05, 4.69) is 37.7 Å². The van der Waals surface area contributed by atoms with E-state index in [0.717, 1.165) is 46.7 Å². The fourth-order valence-corrected chi connectivity index (χ4v) is 3.02. The third kappa shape index (κ3) is 7.95. The highest BCUT2D eigenvalue weighted by Crippen LogP contribution is 2.29. The number of halogens is 2. The molecule has 1 heterocycles. The summed E-state index contributed by atoms with van der Waals surface area (Å²) in [5.41, 5.74) is 17.1. The summed E-state index contributed by atoms with van der Waals surface area (Å²) >= 11 is 0. The summed E-state index contributed by atoms with van der Waals surface area (Å²) in [7, 11) is 0. The second-order valence-corrected chi connectivity index (χ2v) is 8.59. The standard InChI is InChI=1S/C26H32N4O.2ClH/c1-17(2)14-29-25(27)21-9-5-19(6-10-21)23-13-24(31-16-23)20-7-11-22(12-8-20)26(28)30-15-18(3)4;;/h5-13,16-18H,14-15H2,1-4H3,(H2,27,29)(H2,28,30);2*1H. The van der Waals surface area contributed by atoms with Crippen molar-refractivity contribution in [1.82, 2.24) is 0 Å². The highest BCUT2D eigenvalue weighted by atomic mass is 35.5. The number of amidine groups is 2. The van der Waals surface area contributed by atoms with Crippen LogP contribution in [0.4, 0.5) is 0 Å². The number of rotatable bonds is 8. The van der Waals surface area contributed by atoms with Gasteiger partial charge in [-0.3, -0.25) is 9.98 Å². The molecule has 0 spiro atoms. The zero-order valence-corrected chi connectivity index (χ0v) is 21.2. The van der Waals surface area contributed by atoms with Gasteiger partial charge in [0.2, 0.25) is 0 Å². The maximum absolute atomic E-state index is 6.09. The molecular formula is C26H34Cl2N4O. The Balaban J connectivity index is 0.00000272. The largest absolute Gasteiger partial charge is 0.464 e. The van der Waals surface area contributed by atoms with Gasteiger partial charge in [-0.15, -0.1) is 24.8 Å². The van der Waals surface area contributed by atoms with Crippen LogP contribution < -0.4 is 11.5 Å². The molecule has 0 radical (unpaired) electrons. The van der Waals surface area contributed by atoms with Gasteiger partial charge in [0.15, 0.2) is 0 Å². The van der Waals surface area contributed by atoms with Crippen molar-refractivity contribution >= 4 is 36.5 Å². The monoisotopic (exact) mass is 488 g/mol. The molecule has 0 atom stereocenters. The summed E-state index contributed by atoms with van der Waals surface area (Å²) in [5.74, 6) is 2.92. The molecule has 0 aliphatic rings. The lowest BCUT2D eigenvalue weighted by atomic mass is 10.0. The normalized spacial score (nSPS) is 11.9. The first-order valence-corrected chi connectivity index (χ1v) is 10.7. The third-order valence-electron chi connectivity index (χ3n) is 4.83. The lowest BCUT2D eigenvalue weighted by molar-refractivity contribution is 0.583. The van der Waals surface area contributed by atoms with E-state index in [1.54, 1.807) is 6.26 Å². The lowest BCUT2D eigenvalue weighted by Crippen LogP contribution is -2.14. The van der Waals surface area contributed by atoms with E-state index in [9.17, 15) is 0 Å². The van der Waals surface area contributed by atoms with Gasteiger partial charge < -0.3 is 15.9 Å². The molecule has 1 aromatic heterocycles. The molecular weight excluding hydrogens is 455 g/mol. The average molecular weight is 489 g/mol. The summed E-state index contributed by atoms with van der Waals surface area (Å²) in [6.07, 6.45) is 1.77. The van der Waals surface area contributed by atoms with Crippen LogP contribution in [0.3, 0.4) is 0 Å². The summed E-state index contributed by atoms with van der Waals surface area (Å²) in [5, 5.41) is 0. The Hall–Kier alpha value is -2.76. The topological polar surface area (TPSA) is 89.9 Å². The van der Waals surface area contributed by atoms with Crippen LogP contribution in [-0.2, 0) is 0 Å². The van der Waals surface area contributed by atoms with Crippen LogP contribution in [0.2, 0.25) is 0 Å². The van der Waals surface area contributed by atoms with Gasteiger partial charge >= 0.3 is 0 Å². The van der Waals surface area contributed by atoms with E-state index in [-0.39, 0.29) is 24.8 Å². The minimum absolute atomic E-state index is 0. The Morgan fingerprint density at radius 2 is 1.12 bits per heavy atom. The Morgan fingerprint density at radius 3 is 1.55 bits per heavy atom. The van der Waals surface area contributed by atoms with Gasteiger partial charge in [-0.1, -0.05) is 76.2 Å². The van der Waals surface area contributed by atoms with Crippen LogP contribution in [0, 0.1) is 11.8 Å². The zero-order chi connectivity index (χ0) is 22.4. The van der Waals surface area contributed by atoms with E-state index in [4.69, 9.17) is 15.9 Å². The van der Waals surface area contributed by atoms with Crippen LogP contribution in [0.25, 0.3) is 22.5 Å². The van der Waals surface area contributed by atoms with Crippen molar-refractivity contribution in [1.29, 1.82) is 0 Å². The van der Waals surface area contributed by atoms with Crippen molar-refractivity contribution in [2.75, 3.05) is 13.1 Å². The molecule has 4 N–H and O–H groups in total. The smallest absolute Gasteiger partial charge is 0.134 e.